The highest BCUT2D eigenvalue weighted by Crippen LogP contribution is 2.14. The number of hydrogen-bond acceptors (Lipinski definition) is 4. The second kappa shape index (κ2) is 12.0. The Morgan fingerprint density at radius 2 is 2.00 bits per heavy atom. The number of carbonyl (C=O) groups excluding carboxylic acids is 2. The van der Waals surface area contributed by atoms with E-state index in [0.29, 0.717) is 37.3 Å². The van der Waals surface area contributed by atoms with Gasteiger partial charge in [0.25, 0.3) is 0 Å². The molecule has 6 heteroatoms. The molecule has 0 bridgehead atoms. The molecular weight excluding hydrogens is 304 g/mol. The fraction of sp³-hybridized carbons (Fsp3) is 0.500. The Morgan fingerprint density at radius 1 is 1.23 bits per heavy atom. The minimum Gasteiger partial charge on any atom is -0.494 e. The molecule has 1 amide bonds. The smallest absolute Gasteiger partial charge is 0.220 e. The molecule has 0 aromatic heterocycles. The third kappa shape index (κ3) is 8.64. The lowest BCUT2D eigenvalue weighted by Gasteiger charge is -2.08. The number of nitrogens with one attached hydrogen (secondary N) is 2. The van der Waals surface area contributed by atoms with Gasteiger partial charge in [-0.1, -0.05) is 19.1 Å². The third-order valence-electron chi connectivity index (χ3n) is 2.93. The number of ketones is 1. The SMILES string of the molecule is CCNCCNC(=O)CCCOc1cccc(C(C)=O)c1.Cl. The fourth-order valence-electron chi connectivity index (χ4n) is 1.78. The molecule has 2 N–H and O–H groups in total. The number of benzene rings is 1. The lowest BCUT2D eigenvalue weighted by molar-refractivity contribution is -0.121. The number of Topliss-reactive ketones (excluding diaryl/α,β-unsaturated/α-hetero) is 1. The Kier molecular flexibility index (Phi) is 11.1. The maximum atomic E-state index is 11.5. The topological polar surface area (TPSA) is 67.4 Å². The van der Waals surface area contributed by atoms with Gasteiger partial charge in [0.2, 0.25) is 5.91 Å². The van der Waals surface area contributed by atoms with Crippen LogP contribution in [0.5, 0.6) is 5.75 Å². The molecule has 0 heterocycles. The van der Waals surface area contributed by atoms with Crippen LogP contribution < -0.4 is 15.4 Å². The average molecular weight is 329 g/mol. The molecule has 0 unspecified atom stereocenters. The van der Waals surface area contributed by atoms with E-state index in [-0.39, 0.29) is 24.1 Å². The van der Waals surface area contributed by atoms with Crippen molar-refractivity contribution in [1.29, 1.82) is 0 Å². The van der Waals surface area contributed by atoms with Crippen molar-refractivity contribution in [3.63, 3.8) is 0 Å². The summed E-state index contributed by atoms with van der Waals surface area (Å²) in [5, 5.41) is 5.98. The summed E-state index contributed by atoms with van der Waals surface area (Å²) in [6.07, 6.45) is 1.09. The second-order valence-corrected chi connectivity index (χ2v) is 4.74. The molecule has 0 atom stereocenters. The van der Waals surface area contributed by atoms with E-state index < -0.39 is 0 Å². The van der Waals surface area contributed by atoms with E-state index in [2.05, 4.69) is 10.6 Å². The molecule has 124 valence electrons. The van der Waals surface area contributed by atoms with Crippen molar-refractivity contribution < 1.29 is 14.3 Å². The minimum atomic E-state index is 0. The van der Waals surface area contributed by atoms with E-state index >= 15 is 0 Å². The van der Waals surface area contributed by atoms with Crippen LogP contribution in [-0.4, -0.2) is 37.9 Å². The maximum absolute atomic E-state index is 11.5. The normalized spacial score (nSPS) is 9.73. The van der Waals surface area contributed by atoms with Crippen LogP contribution in [0, 0.1) is 0 Å². The highest BCUT2D eigenvalue weighted by atomic mass is 35.5. The quantitative estimate of drug-likeness (QED) is 0.510. The van der Waals surface area contributed by atoms with Crippen LogP contribution >= 0.6 is 12.4 Å². The maximum Gasteiger partial charge on any atom is 0.220 e. The van der Waals surface area contributed by atoms with Crippen molar-refractivity contribution in [2.75, 3.05) is 26.2 Å². The van der Waals surface area contributed by atoms with Gasteiger partial charge < -0.3 is 15.4 Å². The first kappa shape index (κ1) is 20.4. The molecule has 0 radical (unpaired) electrons. The molecule has 0 fully saturated rings. The van der Waals surface area contributed by atoms with Crippen molar-refractivity contribution in [3.05, 3.63) is 29.8 Å². The molecule has 0 spiro atoms. The van der Waals surface area contributed by atoms with Crippen molar-refractivity contribution >= 4 is 24.1 Å². The molecule has 0 aliphatic rings. The van der Waals surface area contributed by atoms with Crippen LogP contribution in [0.15, 0.2) is 24.3 Å². The van der Waals surface area contributed by atoms with Gasteiger partial charge in [-0.15, -0.1) is 12.4 Å². The first-order valence-corrected chi connectivity index (χ1v) is 7.34. The first-order chi connectivity index (χ1) is 10.1. The van der Waals surface area contributed by atoms with Crippen molar-refractivity contribution in [2.24, 2.45) is 0 Å². The largest absolute Gasteiger partial charge is 0.494 e. The molecule has 22 heavy (non-hydrogen) atoms. The molecule has 0 saturated carbocycles. The van der Waals surface area contributed by atoms with Crippen molar-refractivity contribution in [3.8, 4) is 5.75 Å². The summed E-state index contributed by atoms with van der Waals surface area (Å²) in [5.41, 5.74) is 0.633. The number of rotatable bonds is 10. The summed E-state index contributed by atoms with van der Waals surface area (Å²) >= 11 is 0. The lowest BCUT2D eigenvalue weighted by Crippen LogP contribution is -2.31. The van der Waals surface area contributed by atoms with Crippen LogP contribution in [0.1, 0.15) is 37.0 Å². The molecule has 1 aromatic carbocycles. The van der Waals surface area contributed by atoms with E-state index in [1.165, 1.54) is 6.92 Å². The number of likely N-dealkylation sites (N-methyl/N-ethyl adjacent to an activating group) is 1. The predicted octanol–water partition coefficient (Wildman–Crippen LogP) is 2.20. The standard InChI is InChI=1S/C16H24N2O3.ClH/c1-3-17-9-10-18-16(20)8-5-11-21-15-7-4-6-14(12-15)13(2)19;/h4,6-7,12,17H,3,5,8-11H2,1-2H3,(H,18,20);1H. The van der Waals surface area contributed by atoms with Gasteiger partial charge in [0.1, 0.15) is 5.75 Å². The molecular formula is C16H25ClN2O3. The third-order valence-corrected chi connectivity index (χ3v) is 2.93. The lowest BCUT2D eigenvalue weighted by atomic mass is 10.1. The molecule has 1 aromatic rings. The van der Waals surface area contributed by atoms with Gasteiger partial charge in [0.05, 0.1) is 6.61 Å². The monoisotopic (exact) mass is 328 g/mol. The molecule has 0 aliphatic carbocycles. The number of ether oxygens (including phenoxy) is 1. The van der Waals surface area contributed by atoms with Crippen molar-refractivity contribution in [2.45, 2.75) is 26.7 Å². The first-order valence-electron chi connectivity index (χ1n) is 7.34. The number of hydrogen-bond donors (Lipinski definition) is 2. The predicted molar refractivity (Wildman–Crippen MR) is 90.0 cm³/mol. The molecule has 0 saturated heterocycles. The zero-order chi connectivity index (χ0) is 15.5. The van der Waals surface area contributed by atoms with E-state index in [4.69, 9.17) is 4.74 Å². The van der Waals surface area contributed by atoms with E-state index in [1.807, 2.05) is 13.0 Å². The Balaban J connectivity index is 0.00000441. The summed E-state index contributed by atoms with van der Waals surface area (Å²) in [7, 11) is 0. The van der Waals surface area contributed by atoms with Crippen LogP contribution in [0.25, 0.3) is 0 Å². The summed E-state index contributed by atoms with van der Waals surface area (Å²) < 4.78 is 5.55. The van der Waals surface area contributed by atoms with Gasteiger partial charge in [-0.25, -0.2) is 0 Å². The van der Waals surface area contributed by atoms with Gasteiger partial charge in [0, 0.05) is 25.1 Å². The Morgan fingerprint density at radius 3 is 2.68 bits per heavy atom. The zero-order valence-corrected chi connectivity index (χ0v) is 14.0. The summed E-state index contributed by atoms with van der Waals surface area (Å²) in [6, 6.07) is 7.08. The zero-order valence-electron chi connectivity index (χ0n) is 13.2. The van der Waals surface area contributed by atoms with Crippen LogP contribution in [0.2, 0.25) is 0 Å². The second-order valence-electron chi connectivity index (χ2n) is 4.74. The molecule has 0 aliphatic heterocycles. The average Bonchev–Trinajstić information content (AvgIpc) is 2.48. The van der Waals surface area contributed by atoms with E-state index in [0.717, 1.165) is 13.1 Å². The molecule has 1 rings (SSSR count). The van der Waals surface area contributed by atoms with Gasteiger partial charge in [-0.3, -0.25) is 9.59 Å². The highest BCUT2D eigenvalue weighted by Gasteiger charge is 2.03. The summed E-state index contributed by atoms with van der Waals surface area (Å²) in [5.74, 6) is 0.713. The summed E-state index contributed by atoms with van der Waals surface area (Å²) in [6.45, 7) is 6.35. The number of carbonyl (C=O) groups is 2. The Bertz CT molecular complexity index is 466. The van der Waals surface area contributed by atoms with Gasteiger partial charge in [-0.05, 0) is 32.0 Å². The molecule has 5 nitrogen and oxygen atoms in total. The van der Waals surface area contributed by atoms with Gasteiger partial charge >= 0.3 is 0 Å². The fourth-order valence-corrected chi connectivity index (χ4v) is 1.78. The highest BCUT2D eigenvalue weighted by molar-refractivity contribution is 5.94. The minimum absolute atomic E-state index is 0. The van der Waals surface area contributed by atoms with Crippen LogP contribution in [0.3, 0.4) is 0 Å². The number of halogens is 1. The van der Waals surface area contributed by atoms with Crippen molar-refractivity contribution in [1.82, 2.24) is 10.6 Å². The summed E-state index contributed by atoms with van der Waals surface area (Å²) in [4.78, 5) is 22.8. The van der Waals surface area contributed by atoms with Gasteiger partial charge in [-0.2, -0.15) is 0 Å². The Hall–Kier alpha value is -1.59. The van der Waals surface area contributed by atoms with Crippen LogP contribution in [0.4, 0.5) is 0 Å². The van der Waals surface area contributed by atoms with Gasteiger partial charge in [0.15, 0.2) is 5.78 Å². The Labute approximate surface area is 138 Å². The van der Waals surface area contributed by atoms with E-state index in [1.54, 1.807) is 18.2 Å². The van der Waals surface area contributed by atoms with E-state index in [9.17, 15) is 9.59 Å². The van der Waals surface area contributed by atoms with Crippen LogP contribution in [-0.2, 0) is 4.79 Å². The number of amides is 1.